The van der Waals surface area contributed by atoms with Gasteiger partial charge >= 0.3 is 250 Å². The van der Waals surface area contributed by atoms with Gasteiger partial charge in [-0.1, -0.05) is 0 Å². The maximum atomic E-state index is 13.4. The van der Waals surface area contributed by atoms with Crippen LogP contribution in [0.25, 0.3) is 0 Å². The van der Waals surface area contributed by atoms with Gasteiger partial charge in [0.15, 0.2) is 0 Å². The first-order valence-electron chi connectivity index (χ1n) is 13.8. The quantitative estimate of drug-likeness (QED) is 0.179. The molecule has 1 rings (SSSR count). The number of ether oxygens (including phenoxy) is 2. The van der Waals surface area contributed by atoms with Gasteiger partial charge in [0.1, 0.15) is 0 Å². The Bertz CT molecular complexity index is 883. The van der Waals surface area contributed by atoms with Gasteiger partial charge in [-0.3, -0.25) is 0 Å². The molecule has 0 spiro atoms. The normalized spacial score (nSPS) is 18.4. The molecule has 1 fully saturated rings. The van der Waals surface area contributed by atoms with E-state index in [2.05, 4.69) is 15.0 Å². The van der Waals surface area contributed by atoms with Crippen LogP contribution in [0.2, 0.25) is 0 Å². The van der Waals surface area contributed by atoms with Crippen LogP contribution in [-0.4, -0.2) is 104 Å². The molecule has 0 aromatic heterocycles. The molecule has 5 atom stereocenters. The predicted molar refractivity (Wildman–Crippen MR) is 157 cm³/mol. The molecular weight excluding hydrogens is 603 g/mol. The number of thioether (sulfide) groups is 1. The third-order valence-electron chi connectivity index (χ3n) is 6.60. The first-order valence-corrected chi connectivity index (χ1v) is 16.9. The number of esters is 1. The predicted octanol–water partition coefficient (Wildman–Crippen LogP) is 2.09. The maximum absolute atomic E-state index is 13.4. The van der Waals surface area contributed by atoms with Crippen LogP contribution in [0.3, 0.4) is 0 Å². The van der Waals surface area contributed by atoms with Gasteiger partial charge in [0, 0.05) is 0 Å². The Morgan fingerprint density at radius 3 is 2.25 bits per heavy atom. The second-order valence-corrected chi connectivity index (χ2v) is 14.1. The summed E-state index contributed by atoms with van der Waals surface area (Å²) in [5, 5.41) is 5.65. The summed E-state index contributed by atoms with van der Waals surface area (Å²) in [5.41, 5.74) is -0.685. The molecule has 0 unspecified atom stereocenters. The monoisotopic (exact) mass is 652 g/mol. The average Bonchev–Trinajstić information content (AvgIpc) is 3.38. The molecule has 0 saturated carbocycles. The van der Waals surface area contributed by atoms with Crippen LogP contribution in [-0.2, 0) is 28.7 Å². The molecular formula is C27H48N4O7SSe. The number of nitrogens with zero attached hydrogens (tertiary/aromatic N) is 1. The van der Waals surface area contributed by atoms with E-state index in [0.29, 0.717) is 38.0 Å². The summed E-state index contributed by atoms with van der Waals surface area (Å²) < 4.78 is 13.2. The van der Waals surface area contributed by atoms with Gasteiger partial charge in [-0.25, -0.2) is 0 Å². The van der Waals surface area contributed by atoms with Gasteiger partial charge in [0.05, 0.1) is 0 Å². The number of nitrogens with one attached hydrogen (secondary N) is 3. The van der Waals surface area contributed by atoms with Crippen LogP contribution >= 0.6 is 11.8 Å². The van der Waals surface area contributed by atoms with Crippen LogP contribution in [0.4, 0.5) is 4.79 Å². The zero-order valence-electron chi connectivity index (χ0n) is 25.3. The van der Waals surface area contributed by atoms with Gasteiger partial charge in [-0.05, 0) is 0 Å². The Hall–Kier alpha value is -1.82. The van der Waals surface area contributed by atoms with E-state index in [0.717, 1.165) is 0 Å². The van der Waals surface area contributed by atoms with E-state index >= 15 is 0 Å². The van der Waals surface area contributed by atoms with Crippen LogP contribution in [0.1, 0.15) is 74.1 Å². The van der Waals surface area contributed by atoms with Crippen molar-refractivity contribution in [3.8, 4) is 0 Å². The molecule has 11 nitrogen and oxygen atoms in total. The van der Waals surface area contributed by atoms with E-state index < -0.39 is 57.0 Å². The fourth-order valence-electron chi connectivity index (χ4n) is 4.05. The molecule has 1 aliphatic rings. The van der Waals surface area contributed by atoms with Crippen LogP contribution < -0.4 is 15.0 Å². The number of hydrogen-bond donors (Lipinski definition) is 3. The van der Waals surface area contributed by atoms with E-state index in [9.17, 15) is 24.0 Å². The van der Waals surface area contributed by atoms with Crippen molar-refractivity contribution in [3.63, 3.8) is 0 Å². The fraction of sp³-hybridized carbons (Fsp3) is 0.815. The van der Waals surface area contributed by atoms with E-state index in [4.69, 9.17) is 9.47 Å². The van der Waals surface area contributed by atoms with Gasteiger partial charge in [0.2, 0.25) is 0 Å². The molecule has 0 aromatic rings. The van der Waals surface area contributed by atoms with Crippen molar-refractivity contribution in [2.24, 2.45) is 11.8 Å². The summed E-state index contributed by atoms with van der Waals surface area (Å²) in [5.74, 6) is -0.943. The molecule has 0 aromatic carbocycles. The van der Waals surface area contributed by atoms with Crippen molar-refractivity contribution in [2.75, 3.05) is 25.7 Å². The third kappa shape index (κ3) is 11.6. The van der Waals surface area contributed by atoms with E-state index in [1.807, 2.05) is 34.0 Å². The topological polar surface area (TPSA) is 143 Å². The second kappa shape index (κ2) is 17.2. The van der Waals surface area contributed by atoms with Crippen molar-refractivity contribution >= 4 is 55.5 Å². The number of amides is 3. The van der Waals surface area contributed by atoms with Crippen LogP contribution in [0.5, 0.6) is 0 Å². The van der Waals surface area contributed by atoms with Gasteiger partial charge < -0.3 is 0 Å². The summed E-state index contributed by atoms with van der Waals surface area (Å²) in [7, 11) is 1.27. The van der Waals surface area contributed by atoms with E-state index in [1.165, 1.54) is 12.0 Å². The molecule has 1 saturated heterocycles. The number of rotatable bonds is 15. The Morgan fingerprint density at radius 1 is 1.07 bits per heavy atom. The van der Waals surface area contributed by atoms with Gasteiger partial charge in [-0.2, -0.15) is 0 Å². The van der Waals surface area contributed by atoms with Crippen LogP contribution in [0.15, 0.2) is 0 Å². The fourth-order valence-corrected chi connectivity index (χ4v) is 6.41. The first kappa shape index (κ1) is 36.2. The molecule has 13 heteroatoms. The minimum absolute atomic E-state index is 0.153. The van der Waals surface area contributed by atoms with Crippen LogP contribution in [0, 0.1) is 11.8 Å². The van der Waals surface area contributed by atoms with Crippen molar-refractivity contribution in [2.45, 2.75) is 104 Å². The minimum atomic E-state index is -0.832. The van der Waals surface area contributed by atoms with Gasteiger partial charge in [-0.15, -0.1) is 0 Å². The number of likely N-dealkylation sites (tertiary alicyclic amines) is 1. The Kier molecular flexibility index (Phi) is 15.6. The SMILES string of the molecule is CC[C@H](C)[C@H](NC(=O)[C@@H]1CCCN1C(=O)OC(C)(C)C)C(=O)[Se]N[C@@H](CCSC)C(=O)N[C@H](C(=O)OC)C(C)C. The number of carbonyl (C=O) groups is 5. The second-order valence-electron chi connectivity index (χ2n) is 11.3. The average molecular weight is 652 g/mol. The Balaban J connectivity index is 2.96. The van der Waals surface area contributed by atoms with Crippen molar-refractivity contribution < 1.29 is 33.4 Å². The summed E-state index contributed by atoms with van der Waals surface area (Å²) in [6, 6.07) is -2.96. The van der Waals surface area contributed by atoms with Crippen molar-refractivity contribution in [1.82, 2.24) is 19.9 Å². The molecule has 3 N–H and O–H groups in total. The third-order valence-corrected chi connectivity index (χ3v) is 9.04. The molecule has 0 bridgehead atoms. The summed E-state index contributed by atoms with van der Waals surface area (Å²) in [6.07, 6.45) is 3.65. The van der Waals surface area contributed by atoms with E-state index in [1.54, 1.807) is 32.5 Å². The Morgan fingerprint density at radius 2 is 1.73 bits per heavy atom. The van der Waals surface area contributed by atoms with Gasteiger partial charge in [0.25, 0.3) is 0 Å². The zero-order chi connectivity index (χ0) is 30.6. The zero-order valence-corrected chi connectivity index (χ0v) is 27.9. The molecule has 230 valence electrons. The summed E-state index contributed by atoms with van der Waals surface area (Å²) >= 11 is 0.739. The molecule has 0 aliphatic carbocycles. The molecule has 3 amide bonds. The number of carbonyl (C=O) groups excluding carboxylic acids is 5. The van der Waals surface area contributed by atoms with Crippen molar-refractivity contribution in [1.29, 1.82) is 0 Å². The number of methoxy groups -OCH3 is 1. The standard InChI is InChI=1S/C27H48N4O7SSe/c1-10-17(4)21(29-23(33)19-12-11-14-31(19)26(36)38-27(5,6)7)25(35)40-30-18(13-15-39-9)22(32)28-20(16(2)3)24(34)37-8/h16-21,30H,10-15H2,1-9H3,(H,28,32)(H,29,33)/t17-,18-,19-,20-,21-/m0/s1. The summed E-state index contributed by atoms with van der Waals surface area (Å²) in [6.45, 7) is 13.2. The first-order chi connectivity index (χ1) is 18.7. The summed E-state index contributed by atoms with van der Waals surface area (Å²) in [4.78, 5) is 66.1. The molecule has 1 heterocycles. The van der Waals surface area contributed by atoms with E-state index in [-0.39, 0.29) is 28.3 Å². The van der Waals surface area contributed by atoms with Crippen molar-refractivity contribution in [3.05, 3.63) is 0 Å². The molecule has 1 aliphatic heterocycles. The number of hydrogen-bond acceptors (Lipinski definition) is 9. The molecule has 40 heavy (non-hydrogen) atoms. The Labute approximate surface area is 249 Å². The molecule has 0 radical (unpaired) electrons.